The molecule has 3 rings (SSSR count). The van der Waals surface area contributed by atoms with Crippen molar-refractivity contribution in [3.63, 3.8) is 0 Å². The summed E-state index contributed by atoms with van der Waals surface area (Å²) in [4.78, 5) is 13.1. The van der Waals surface area contributed by atoms with E-state index in [9.17, 15) is 0 Å². The fourth-order valence-electron chi connectivity index (χ4n) is 2.86. The highest BCUT2D eigenvalue weighted by Crippen LogP contribution is 2.25. The summed E-state index contributed by atoms with van der Waals surface area (Å²) in [5.74, 6) is 1.60. The van der Waals surface area contributed by atoms with Gasteiger partial charge in [-0.1, -0.05) is 6.92 Å². The molecule has 2 heterocycles. The van der Waals surface area contributed by atoms with E-state index in [4.69, 9.17) is 0 Å². The summed E-state index contributed by atoms with van der Waals surface area (Å²) in [6.45, 7) is 4.32. The summed E-state index contributed by atoms with van der Waals surface area (Å²) in [5.41, 5.74) is 3.15. The Labute approximate surface area is 126 Å². The standard InChI is InChI=1S/C17H22N4/c1-12-3-5-16(6-4-12)21-17-19-10-15(11-20-17)14-7-8-18-13(2)9-14/h7-12,16H,3-6H2,1-2H3,(H,19,20,21)/t12-,16-. The van der Waals surface area contributed by atoms with E-state index in [1.165, 1.54) is 25.7 Å². The van der Waals surface area contributed by atoms with Gasteiger partial charge in [-0.25, -0.2) is 9.97 Å². The molecule has 4 nitrogen and oxygen atoms in total. The molecule has 1 aliphatic rings. The quantitative estimate of drug-likeness (QED) is 0.929. The molecule has 0 radical (unpaired) electrons. The van der Waals surface area contributed by atoms with E-state index >= 15 is 0 Å². The summed E-state index contributed by atoms with van der Waals surface area (Å²) in [6.07, 6.45) is 10.6. The highest BCUT2D eigenvalue weighted by Gasteiger charge is 2.18. The Balaban J connectivity index is 1.67. The van der Waals surface area contributed by atoms with Gasteiger partial charge in [0.1, 0.15) is 0 Å². The molecule has 0 aliphatic heterocycles. The summed E-state index contributed by atoms with van der Waals surface area (Å²) in [6, 6.07) is 4.56. The maximum Gasteiger partial charge on any atom is 0.222 e. The van der Waals surface area contributed by atoms with Gasteiger partial charge in [0.05, 0.1) is 0 Å². The minimum Gasteiger partial charge on any atom is -0.351 e. The zero-order valence-electron chi connectivity index (χ0n) is 12.7. The second kappa shape index (κ2) is 6.20. The van der Waals surface area contributed by atoms with E-state index < -0.39 is 0 Å². The number of rotatable bonds is 3. The van der Waals surface area contributed by atoms with E-state index in [1.54, 1.807) is 0 Å². The topological polar surface area (TPSA) is 50.7 Å². The Morgan fingerprint density at radius 3 is 2.38 bits per heavy atom. The maximum atomic E-state index is 4.46. The third kappa shape index (κ3) is 3.57. The molecule has 0 amide bonds. The first-order chi connectivity index (χ1) is 10.2. The van der Waals surface area contributed by atoms with Crippen LogP contribution in [-0.4, -0.2) is 21.0 Å². The van der Waals surface area contributed by atoms with Crippen LogP contribution in [0.2, 0.25) is 0 Å². The molecule has 0 aromatic carbocycles. The van der Waals surface area contributed by atoms with Gasteiger partial charge in [0.15, 0.2) is 0 Å². The van der Waals surface area contributed by atoms with Crippen LogP contribution < -0.4 is 5.32 Å². The maximum absolute atomic E-state index is 4.46. The monoisotopic (exact) mass is 282 g/mol. The first kappa shape index (κ1) is 14.0. The second-order valence-corrected chi connectivity index (χ2v) is 6.08. The van der Waals surface area contributed by atoms with Crippen LogP contribution in [0.25, 0.3) is 11.1 Å². The van der Waals surface area contributed by atoms with Crippen molar-refractivity contribution in [3.05, 3.63) is 36.4 Å². The Morgan fingerprint density at radius 1 is 1.00 bits per heavy atom. The zero-order chi connectivity index (χ0) is 14.7. The van der Waals surface area contributed by atoms with Crippen molar-refractivity contribution < 1.29 is 0 Å². The Kier molecular flexibility index (Phi) is 4.13. The molecular formula is C17H22N4. The minimum atomic E-state index is 0.523. The van der Waals surface area contributed by atoms with Gasteiger partial charge in [0, 0.05) is 35.9 Å². The SMILES string of the molecule is Cc1cc(-c2cnc(N[C@H]3CC[C@H](C)CC3)nc2)ccn1. The molecule has 0 spiro atoms. The summed E-state index contributed by atoms with van der Waals surface area (Å²) in [7, 11) is 0. The largest absolute Gasteiger partial charge is 0.351 e. The van der Waals surface area contributed by atoms with Gasteiger partial charge in [0.25, 0.3) is 0 Å². The molecule has 0 atom stereocenters. The van der Waals surface area contributed by atoms with Crippen LogP contribution in [0.1, 0.15) is 38.3 Å². The molecule has 110 valence electrons. The van der Waals surface area contributed by atoms with Gasteiger partial charge in [-0.2, -0.15) is 0 Å². The number of pyridine rings is 1. The number of aromatic nitrogens is 3. The first-order valence-electron chi connectivity index (χ1n) is 7.72. The van der Waals surface area contributed by atoms with Crippen molar-refractivity contribution in [2.45, 2.75) is 45.6 Å². The lowest BCUT2D eigenvalue weighted by Crippen LogP contribution is -2.26. The van der Waals surface area contributed by atoms with Crippen LogP contribution in [0.5, 0.6) is 0 Å². The normalized spacial score (nSPS) is 22.0. The lowest BCUT2D eigenvalue weighted by atomic mass is 9.87. The number of anilines is 1. The molecule has 0 unspecified atom stereocenters. The van der Waals surface area contributed by atoms with Crippen LogP contribution in [0.15, 0.2) is 30.7 Å². The van der Waals surface area contributed by atoms with E-state index in [1.807, 2.05) is 37.6 Å². The molecular weight excluding hydrogens is 260 g/mol. The van der Waals surface area contributed by atoms with E-state index in [-0.39, 0.29) is 0 Å². The van der Waals surface area contributed by atoms with E-state index in [2.05, 4.69) is 27.2 Å². The number of nitrogens with zero attached hydrogens (tertiary/aromatic N) is 3. The molecule has 1 N–H and O–H groups in total. The summed E-state index contributed by atoms with van der Waals surface area (Å²) < 4.78 is 0. The van der Waals surface area contributed by atoms with Crippen molar-refractivity contribution in [3.8, 4) is 11.1 Å². The van der Waals surface area contributed by atoms with E-state index in [0.717, 1.165) is 28.7 Å². The fraction of sp³-hybridized carbons (Fsp3) is 0.471. The summed E-state index contributed by atoms with van der Waals surface area (Å²) in [5, 5.41) is 3.46. The number of nitrogens with one attached hydrogen (secondary N) is 1. The number of aryl methyl sites for hydroxylation is 1. The summed E-state index contributed by atoms with van der Waals surface area (Å²) >= 11 is 0. The van der Waals surface area contributed by atoms with Crippen molar-refractivity contribution in [2.24, 2.45) is 5.92 Å². The Bertz CT molecular complexity index is 586. The van der Waals surface area contributed by atoms with Gasteiger partial charge in [0.2, 0.25) is 5.95 Å². The Hall–Kier alpha value is -1.97. The van der Waals surface area contributed by atoms with Crippen LogP contribution in [-0.2, 0) is 0 Å². The van der Waals surface area contributed by atoms with Crippen LogP contribution >= 0.6 is 0 Å². The zero-order valence-corrected chi connectivity index (χ0v) is 12.7. The lowest BCUT2D eigenvalue weighted by molar-refractivity contribution is 0.360. The van der Waals surface area contributed by atoms with Crippen LogP contribution in [0, 0.1) is 12.8 Å². The number of hydrogen-bond donors (Lipinski definition) is 1. The molecule has 1 saturated carbocycles. The van der Waals surface area contributed by atoms with Gasteiger partial charge in [-0.3, -0.25) is 4.98 Å². The first-order valence-corrected chi connectivity index (χ1v) is 7.72. The van der Waals surface area contributed by atoms with Crippen molar-refractivity contribution in [2.75, 3.05) is 5.32 Å². The predicted molar refractivity (Wildman–Crippen MR) is 85.0 cm³/mol. The average molecular weight is 282 g/mol. The third-order valence-electron chi connectivity index (χ3n) is 4.23. The molecule has 0 bridgehead atoms. The van der Waals surface area contributed by atoms with Crippen LogP contribution in [0.3, 0.4) is 0 Å². The van der Waals surface area contributed by atoms with Gasteiger partial charge in [-0.15, -0.1) is 0 Å². The Morgan fingerprint density at radius 2 is 1.71 bits per heavy atom. The van der Waals surface area contributed by atoms with Gasteiger partial charge >= 0.3 is 0 Å². The van der Waals surface area contributed by atoms with Crippen molar-refractivity contribution >= 4 is 5.95 Å². The molecule has 2 aromatic rings. The molecule has 2 aromatic heterocycles. The van der Waals surface area contributed by atoms with Crippen LogP contribution in [0.4, 0.5) is 5.95 Å². The predicted octanol–water partition coefficient (Wildman–Crippen LogP) is 3.84. The highest BCUT2D eigenvalue weighted by molar-refractivity contribution is 5.61. The minimum absolute atomic E-state index is 0.523. The third-order valence-corrected chi connectivity index (χ3v) is 4.23. The molecule has 0 saturated heterocycles. The highest BCUT2D eigenvalue weighted by atomic mass is 15.1. The van der Waals surface area contributed by atoms with Gasteiger partial charge in [-0.05, 0) is 56.2 Å². The average Bonchev–Trinajstić information content (AvgIpc) is 2.50. The lowest BCUT2D eigenvalue weighted by Gasteiger charge is -2.26. The second-order valence-electron chi connectivity index (χ2n) is 6.08. The van der Waals surface area contributed by atoms with E-state index in [0.29, 0.717) is 6.04 Å². The molecule has 21 heavy (non-hydrogen) atoms. The fourth-order valence-corrected chi connectivity index (χ4v) is 2.86. The molecule has 4 heteroatoms. The molecule has 1 fully saturated rings. The molecule has 1 aliphatic carbocycles. The smallest absolute Gasteiger partial charge is 0.222 e. The van der Waals surface area contributed by atoms with Crippen molar-refractivity contribution in [1.29, 1.82) is 0 Å². The van der Waals surface area contributed by atoms with Gasteiger partial charge < -0.3 is 5.32 Å². The number of hydrogen-bond acceptors (Lipinski definition) is 4. The van der Waals surface area contributed by atoms with Crippen molar-refractivity contribution in [1.82, 2.24) is 15.0 Å².